The van der Waals surface area contributed by atoms with Crippen molar-refractivity contribution in [1.29, 1.82) is 0 Å². The zero-order chi connectivity index (χ0) is 14.7. The van der Waals surface area contributed by atoms with Crippen molar-refractivity contribution >= 4 is 0 Å². The summed E-state index contributed by atoms with van der Waals surface area (Å²) in [5.41, 5.74) is 1.10. The van der Waals surface area contributed by atoms with Gasteiger partial charge in [-0.3, -0.25) is 0 Å². The number of hydrogen-bond donors (Lipinski definition) is 2. The molecular formula is C17H20FNO2. The van der Waals surface area contributed by atoms with E-state index in [4.69, 9.17) is 9.52 Å². The minimum absolute atomic E-state index is 0.0644. The number of aliphatic hydroxyl groups excluding tert-OH is 1. The molecule has 0 aliphatic heterocycles. The zero-order valence-electron chi connectivity index (χ0n) is 11.9. The van der Waals surface area contributed by atoms with Gasteiger partial charge in [0.15, 0.2) is 0 Å². The Bertz CT molecular complexity index is 596. The van der Waals surface area contributed by atoms with Crippen LogP contribution in [0.4, 0.5) is 4.39 Å². The van der Waals surface area contributed by atoms with E-state index in [-0.39, 0.29) is 12.4 Å². The standard InChI is InChI=1S/C17H20FNO2/c18-14-3-1-2-12(8-14)13-4-5-15(9-13)19-10-16-6-7-17(11-20)21-16/h1-3,6-8,13,15,19-20H,4-5,9-11H2/t13-,15+/m1/s1. The molecule has 2 N–H and O–H groups in total. The van der Waals surface area contributed by atoms with Gasteiger partial charge in [0, 0.05) is 6.04 Å². The quantitative estimate of drug-likeness (QED) is 0.887. The van der Waals surface area contributed by atoms with Crippen molar-refractivity contribution in [2.45, 2.75) is 44.4 Å². The van der Waals surface area contributed by atoms with E-state index >= 15 is 0 Å². The van der Waals surface area contributed by atoms with Crippen LogP contribution in [0.3, 0.4) is 0 Å². The van der Waals surface area contributed by atoms with Crippen molar-refractivity contribution in [2.24, 2.45) is 0 Å². The molecule has 2 aromatic rings. The van der Waals surface area contributed by atoms with Crippen molar-refractivity contribution in [3.8, 4) is 0 Å². The average molecular weight is 289 g/mol. The van der Waals surface area contributed by atoms with Crippen LogP contribution in [0, 0.1) is 5.82 Å². The van der Waals surface area contributed by atoms with Gasteiger partial charge < -0.3 is 14.8 Å². The summed E-state index contributed by atoms with van der Waals surface area (Å²) < 4.78 is 18.7. The fourth-order valence-electron chi connectivity index (χ4n) is 3.08. The van der Waals surface area contributed by atoms with E-state index in [1.54, 1.807) is 18.2 Å². The molecular weight excluding hydrogens is 269 g/mol. The Hall–Kier alpha value is -1.65. The average Bonchev–Trinajstić information content (AvgIpc) is 3.14. The Labute approximate surface area is 123 Å². The molecule has 0 amide bonds. The molecule has 0 spiro atoms. The monoisotopic (exact) mass is 289 g/mol. The van der Waals surface area contributed by atoms with Crippen LogP contribution in [-0.2, 0) is 13.2 Å². The molecule has 1 aliphatic rings. The Kier molecular flexibility index (Phi) is 4.36. The molecule has 112 valence electrons. The van der Waals surface area contributed by atoms with Gasteiger partial charge in [0.1, 0.15) is 23.9 Å². The molecule has 1 saturated carbocycles. The third-order valence-electron chi connectivity index (χ3n) is 4.19. The maximum Gasteiger partial charge on any atom is 0.129 e. The van der Waals surface area contributed by atoms with Crippen LogP contribution in [-0.4, -0.2) is 11.1 Å². The smallest absolute Gasteiger partial charge is 0.129 e. The summed E-state index contributed by atoms with van der Waals surface area (Å²) in [5.74, 6) is 1.71. The van der Waals surface area contributed by atoms with Crippen LogP contribution in [0.15, 0.2) is 40.8 Å². The Morgan fingerprint density at radius 3 is 2.81 bits per heavy atom. The second kappa shape index (κ2) is 6.41. The highest BCUT2D eigenvalue weighted by Crippen LogP contribution is 2.34. The summed E-state index contributed by atoms with van der Waals surface area (Å²) in [6.07, 6.45) is 3.20. The molecule has 3 nitrogen and oxygen atoms in total. The third kappa shape index (κ3) is 3.52. The largest absolute Gasteiger partial charge is 0.462 e. The molecule has 0 radical (unpaired) electrons. The summed E-state index contributed by atoms with van der Waals surface area (Å²) in [6.45, 7) is 0.603. The lowest BCUT2D eigenvalue weighted by Gasteiger charge is -2.13. The van der Waals surface area contributed by atoms with E-state index in [0.717, 1.165) is 30.6 Å². The minimum Gasteiger partial charge on any atom is -0.462 e. The topological polar surface area (TPSA) is 45.4 Å². The van der Waals surface area contributed by atoms with Crippen molar-refractivity contribution in [3.63, 3.8) is 0 Å². The molecule has 2 atom stereocenters. The van der Waals surface area contributed by atoms with E-state index in [1.165, 1.54) is 6.07 Å². The first-order valence-electron chi connectivity index (χ1n) is 7.42. The fraction of sp³-hybridized carbons (Fsp3) is 0.412. The van der Waals surface area contributed by atoms with Crippen LogP contribution in [0.1, 0.15) is 42.3 Å². The molecule has 21 heavy (non-hydrogen) atoms. The van der Waals surface area contributed by atoms with Gasteiger partial charge in [-0.1, -0.05) is 12.1 Å². The molecule has 1 aliphatic carbocycles. The molecule has 3 rings (SSSR count). The maximum absolute atomic E-state index is 13.3. The van der Waals surface area contributed by atoms with E-state index < -0.39 is 0 Å². The summed E-state index contributed by atoms with van der Waals surface area (Å²) in [6, 6.07) is 11.0. The van der Waals surface area contributed by atoms with Crippen molar-refractivity contribution in [2.75, 3.05) is 0 Å². The summed E-state index contributed by atoms with van der Waals surface area (Å²) >= 11 is 0. The fourth-order valence-corrected chi connectivity index (χ4v) is 3.08. The highest BCUT2D eigenvalue weighted by Gasteiger charge is 2.25. The van der Waals surface area contributed by atoms with Crippen molar-refractivity contribution in [1.82, 2.24) is 5.32 Å². The number of hydrogen-bond acceptors (Lipinski definition) is 3. The summed E-state index contributed by atoms with van der Waals surface area (Å²) in [4.78, 5) is 0. The first kappa shape index (κ1) is 14.3. The van der Waals surface area contributed by atoms with Crippen molar-refractivity contribution < 1.29 is 13.9 Å². The van der Waals surface area contributed by atoms with Gasteiger partial charge >= 0.3 is 0 Å². The molecule has 1 heterocycles. The van der Waals surface area contributed by atoms with Crippen LogP contribution in [0.25, 0.3) is 0 Å². The van der Waals surface area contributed by atoms with Gasteiger partial charge in [0.2, 0.25) is 0 Å². The second-order valence-electron chi connectivity index (χ2n) is 5.67. The predicted octanol–water partition coefficient (Wildman–Crippen LogP) is 3.34. The van der Waals surface area contributed by atoms with Gasteiger partial charge in [0.25, 0.3) is 0 Å². The van der Waals surface area contributed by atoms with Crippen molar-refractivity contribution in [3.05, 3.63) is 59.3 Å². The van der Waals surface area contributed by atoms with Gasteiger partial charge in [-0.25, -0.2) is 4.39 Å². The SMILES string of the molecule is OCc1ccc(CN[C@H]2CC[C@@H](c3cccc(F)c3)C2)o1. The minimum atomic E-state index is -0.156. The number of rotatable bonds is 5. The zero-order valence-corrected chi connectivity index (χ0v) is 11.9. The highest BCUT2D eigenvalue weighted by atomic mass is 19.1. The van der Waals surface area contributed by atoms with Crippen LogP contribution in [0.5, 0.6) is 0 Å². The van der Waals surface area contributed by atoms with E-state index in [2.05, 4.69) is 5.32 Å². The van der Waals surface area contributed by atoms with Crippen LogP contribution < -0.4 is 5.32 Å². The Morgan fingerprint density at radius 1 is 1.19 bits per heavy atom. The lowest BCUT2D eigenvalue weighted by molar-refractivity contribution is 0.242. The highest BCUT2D eigenvalue weighted by molar-refractivity contribution is 5.22. The third-order valence-corrected chi connectivity index (χ3v) is 4.19. The van der Waals surface area contributed by atoms with Gasteiger partial charge in [0.05, 0.1) is 6.54 Å². The molecule has 0 bridgehead atoms. The van der Waals surface area contributed by atoms with Crippen LogP contribution in [0.2, 0.25) is 0 Å². The van der Waals surface area contributed by atoms with E-state index in [1.807, 2.05) is 12.1 Å². The molecule has 0 saturated heterocycles. The number of aliphatic hydroxyl groups is 1. The lowest BCUT2D eigenvalue weighted by atomic mass is 9.97. The van der Waals surface area contributed by atoms with Gasteiger partial charge in [-0.2, -0.15) is 0 Å². The molecule has 1 fully saturated rings. The van der Waals surface area contributed by atoms with E-state index in [0.29, 0.717) is 24.3 Å². The number of nitrogens with one attached hydrogen (secondary N) is 1. The predicted molar refractivity (Wildman–Crippen MR) is 78.3 cm³/mol. The Balaban J connectivity index is 1.52. The van der Waals surface area contributed by atoms with Crippen LogP contribution >= 0.6 is 0 Å². The molecule has 1 aromatic carbocycles. The molecule has 1 aromatic heterocycles. The molecule has 4 heteroatoms. The first-order valence-corrected chi connectivity index (χ1v) is 7.42. The summed E-state index contributed by atoms with van der Waals surface area (Å²) in [5, 5.41) is 12.4. The molecule has 0 unspecified atom stereocenters. The maximum atomic E-state index is 13.3. The number of benzene rings is 1. The number of halogens is 1. The second-order valence-corrected chi connectivity index (χ2v) is 5.67. The lowest BCUT2D eigenvalue weighted by Crippen LogP contribution is -2.25. The Morgan fingerprint density at radius 2 is 2.05 bits per heavy atom. The van der Waals surface area contributed by atoms with Gasteiger partial charge in [-0.15, -0.1) is 0 Å². The number of furan rings is 1. The van der Waals surface area contributed by atoms with E-state index in [9.17, 15) is 4.39 Å². The van der Waals surface area contributed by atoms with Gasteiger partial charge in [-0.05, 0) is 55.0 Å². The first-order chi connectivity index (χ1) is 10.2. The normalized spacial score (nSPS) is 21.8. The summed E-state index contributed by atoms with van der Waals surface area (Å²) in [7, 11) is 0.